The quantitative estimate of drug-likeness (QED) is 0.538. The van der Waals surface area contributed by atoms with Crippen LogP contribution >= 0.6 is 11.8 Å². The number of nitrogens with zero attached hydrogens (tertiary/aromatic N) is 4. The molecule has 1 unspecified atom stereocenters. The van der Waals surface area contributed by atoms with Crippen LogP contribution in [0.2, 0.25) is 0 Å². The number of ether oxygens (including phenoxy) is 1. The molecule has 1 aromatic rings. The standard InChI is InChI=1S/C9H17N5O2S/c1-4-5-10-7(8(15)16-3)6-17-9-11-12-13-14(9)2/h7,10H,4-6H2,1-3H3. The number of thioether (sulfide) groups is 1. The molecular weight excluding hydrogens is 242 g/mol. The fourth-order valence-electron chi connectivity index (χ4n) is 1.17. The van der Waals surface area contributed by atoms with Crippen molar-refractivity contribution in [1.29, 1.82) is 0 Å². The van der Waals surface area contributed by atoms with E-state index in [-0.39, 0.29) is 12.0 Å². The molecule has 0 radical (unpaired) electrons. The number of methoxy groups -OCH3 is 1. The number of nitrogens with one attached hydrogen (secondary N) is 1. The smallest absolute Gasteiger partial charge is 0.323 e. The highest BCUT2D eigenvalue weighted by Gasteiger charge is 2.19. The largest absolute Gasteiger partial charge is 0.468 e. The summed E-state index contributed by atoms with van der Waals surface area (Å²) in [4.78, 5) is 11.5. The molecule has 0 aromatic carbocycles. The summed E-state index contributed by atoms with van der Waals surface area (Å²) in [5, 5.41) is 14.9. The second-order valence-corrected chi connectivity index (χ2v) is 4.41. The Morgan fingerprint density at radius 1 is 1.65 bits per heavy atom. The van der Waals surface area contributed by atoms with Crippen LogP contribution in [0.5, 0.6) is 0 Å². The van der Waals surface area contributed by atoms with E-state index in [9.17, 15) is 4.79 Å². The minimum absolute atomic E-state index is 0.263. The summed E-state index contributed by atoms with van der Waals surface area (Å²) in [5.41, 5.74) is 0. The fraction of sp³-hybridized carbons (Fsp3) is 0.778. The maximum absolute atomic E-state index is 11.5. The summed E-state index contributed by atoms with van der Waals surface area (Å²) >= 11 is 1.42. The van der Waals surface area contributed by atoms with Gasteiger partial charge in [0.25, 0.3) is 0 Å². The molecule has 0 amide bonds. The molecule has 0 fully saturated rings. The molecule has 0 aliphatic heterocycles. The summed E-state index contributed by atoms with van der Waals surface area (Å²) < 4.78 is 6.30. The van der Waals surface area contributed by atoms with E-state index < -0.39 is 0 Å². The molecule has 1 rings (SSSR count). The Morgan fingerprint density at radius 3 is 2.94 bits per heavy atom. The van der Waals surface area contributed by atoms with Gasteiger partial charge in [0.05, 0.1) is 7.11 Å². The molecule has 1 heterocycles. The van der Waals surface area contributed by atoms with Gasteiger partial charge in [0, 0.05) is 12.8 Å². The van der Waals surface area contributed by atoms with Crippen LogP contribution in [0.25, 0.3) is 0 Å². The third kappa shape index (κ3) is 4.31. The molecule has 0 bridgehead atoms. The Bertz CT molecular complexity index is 357. The maximum Gasteiger partial charge on any atom is 0.323 e. The molecular formula is C9H17N5O2S. The molecule has 0 aliphatic rings. The molecule has 96 valence electrons. The number of aromatic nitrogens is 4. The lowest BCUT2D eigenvalue weighted by Crippen LogP contribution is -2.40. The van der Waals surface area contributed by atoms with Gasteiger partial charge in [-0.15, -0.1) is 5.10 Å². The topological polar surface area (TPSA) is 81.9 Å². The van der Waals surface area contributed by atoms with Crippen LogP contribution in [0.3, 0.4) is 0 Å². The normalized spacial score (nSPS) is 12.4. The highest BCUT2D eigenvalue weighted by molar-refractivity contribution is 7.99. The molecule has 0 spiro atoms. The molecule has 17 heavy (non-hydrogen) atoms. The summed E-state index contributed by atoms with van der Waals surface area (Å²) in [7, 11) is 3.15. The number of rotatable bonds is 7. The van der Waals surface area contributed by atoms with E-state index in [4.69, 9.17) is 4.74 Å². The van der Waals surface area contributed by atoms with E-state index in [2.05, 4.69) is 20.8 Å². The van der Waals surface area contributed by atoms with E-state index in [1.54, 1.807) is 11.7 Å². The van der Waals surface area contributed by atoms with Gasteiger partial charge < -0.3 is 10.1 Å². The first-order valence-electron chi connectivity index (χ1n) is 5.35. The predicted molar refractivity (Wildman–Crippen MR) is 63.6 cm³/mol. The lowest BCUT2D eigenvalue weighted by Gasteiger charge is -2.14. The van der Waals surface area contributed by atoms with Crippen molar-refractivity contribution in [2.24, 2.45) is 7.05 Å². The molecule has 1 aromatic heterocycles. The number of tetrazole rings is 1. The average Bonchev–Trinajstić information content (AvgIpc) is 2.74. The van der Waals surface area contributed by atoms with E-state index in [0.29, 0.717) is 10.9 Å². The first kappa shape index (κ1) is 13.9. The van der Waals surface area contributed by atoms with E-state index in [1.807, 2.05) is 6.92 Å². The van der Waals surface area contributed by atoms with E-state index >= 15 is 0 Å². The summed E-state index contributed by atoms with van der Waals surface area (Å²) in [6.45, 7) is 2.82. The Kier molecular flexibility index (Phi) is 5.92. The molecule has 8 heteroatoms. The number of carbonyl (C=O) groups is 1. The van der Waals surface area contributed by atoms with Crippen LogP contribution < -0.4 is 5.32 Å². The molecule has 0 saturated heterocycles. The van der Waals surface area contributed by atoms with Crippen molar-refractivity contribution in [2.75, 3.05) is 19.4 Å². The molecule has 1 N–H and O–H groups in total. The minimum Gasteiger partial charge on any atom is -0.468 e. The second-order valence-electron chi connectivity index (χ2n) is 3.43. The zero-order chi connectivity index (χ0) is 12.7. The van der Waals surface area contributed by atoms with Crippen molar-refractivity contribution in [2.45, 2.75) is 24.5 Å². The van der Waals surface area contributed by atoms with Crippen molar-refractivity contribution in [3.63, 3.8) is 0 Å². The van der Waals surface area contributed by atoms with E-state index in [1.165, 1.54) is 18.9 Å². The molecule has 7 nitrogen and oxygen atoms in total. The van der Waals surface area contributed by atoms with Gasteiger partial charge in [0.2, 0.25) is 5.16 Å². The van der Waals surface area contributed by atoms with Gasteiger partial charge in [0.1, 0.15) is 6.04 Å². The van der Waals surface area contributed by atoms with Gasteiger partial charge in [-0.1, -0.05) is 18.7 Å². The number of aryl methyl sites for hydroxylation is 1. The third-order valence-electron chi connectivity index (χ3n) is 2.09. The highest BCUT2D eigenvalue weighted by Crippen LogP contribution is 2.14. The molecule has 1 atom stereocenters. The van der Waals surface area contributed by atoms with Crippen molar-refractivity contribution in [3.05, 3.63) is 0 Å². The fourth-order valence-corrected chi connectivity index (χ4v) is 2.06. The van der Waals surface area contributed by atoms with Gasteiger partial charge in [0.15, 0.2) is 0 Å². The van der Waals surface area contributed by atoms with Crippen molar-refractivity contribution in [1.82, 2.24) is 25.5 Å². The Labute approximate surface area is 104 Å². The van der Waals surface area contributed by atoms with Crippen LogP contribution in [0.4, 0.5) is 0 Å². The number of carbonyl (C=O) groups excluding carboxylic acids is 1. The van der Waals surface area contributed by atoms with Gasteiger partial charge in [-0.05, 0) is 23.4 Å². The Hall–Kier alpha value is -1.15. The monoisotopic (exact) mass is 259 g/mol. The van der Waals surface area contributed by atoms with Gasteiger partial charge in [-0.25, -0.2) is 4.68 Å². The van der Waals surface area contributed by atoms with E-state index in [0.717, 1.165) is 13.0 Å². The average molecular weight is 259 g/mol. The van der Waals surface area contributed by atoms with Crippen LogP contribution in [-0.2, 0) is 16.6 Å². The third-order valence-corrected chi connectivity index (χ3v) is 3.19. The molecule has 0 aliphatic carbocycles. The van der Waals surface area contributed by atoms with Crippen molar-refractivity contribution >= 4 is 17.7 Å². The SMILES string of the molecule is CCCNC(CSc1nnnn1C)C(=O)OC. The lowest BCUT2D eigenvalue weighted by molar-refractivity contribution is -0.142. The zero-order valence-electron chi connectivity index (χ0n) is 10.2. The van der Waals surface area contributed by atoms with Gasteiger partial charge >= 0.3 is 5.97 Å². The van der Waals surface area contributed by atoms with Crippen molar-refractivity contribution in [3.8, 4) is 0 Å². The van der Waals surface area contributed by atoms with Gasteiger partial charge in [-0.3, -0.25) is 4.79 Å². The minimum atomic E-state index is -0.332. The van der Waals surface area contributed by atoms with Crippen LogP contribution in [0.1, 0.15) is 13.3 Å². The number of hydrogen-bond acceptors (Lipinski definition) is 7. The second kappa shape index (κ2) is 7.23. The van der Waals surface area contributed by atoms with Gasteiger partial charge in [-0.2, -0.15) is 0 Å². The molecule has 0 saturated carbocycles. The summed E-state index contributed by atoms with van der Waals surface area (Å²) in [6.07, 6.45) is 0.962. The summed E-state index contributed by atoms with van der Waals surface area (Å²) in [5.74, 6) is 0.280. The van der Waals surface area contributed by atoms with Crippen LogP contribution in [0, 0.1) is 0 Å². The Balaban J connectivity index is 2.48. The summed E-state index contributed by atoms with van der Waals surface area (Å²) in [6, 6.07) is -0.332. The highest BCUT2D eigenvalue weighted by atomic mass is 32.2. The zero-order valence-corrected chi connectivity index (χ0v) is 11.0. The lowest BCUT2D eigenvalue weighted by atomic mass is 10.3. The predicted octanol–water partition coefficient (Wildman–Crippen LogP) is -0.157. The maximum atomic E-state index is 11.5. The van der Waals surface area contributed by atoms with Crippen molar-refractivity contribution < 1.29 is 9.53 Å². The van der Waals surface area contributed by atoms with Crippen LogP contribution in [0.15, 0.2) is 5.16 Å². The first-order valence-corrected chi connectivity index (χ1v) is 6.34. The number of hydrogen-bond donors (Lipinski definition) is 1. The first-order chi connectivity index (χ1) is 8.19. The van der Waals surface area contributed by atoms with Crippen LogP contribution in [-0.4, -0.2) is 51.6 Å². The number of esters is 1. The Morgan fingerprint density at radius 2 is 2.41 bits per heavy atom.